The van der Waals surface area contributed by atoms with Gasteiger partial charge in [0.15, 0.2) is 0 Å². The van der Waals surface area contributed by atoms with Gasteiger partial charge in [0, 0.05) is 16.9 Å². The SMILES string of the molecule is CCOC(=O)c1ccc(N2C(=O)/C(=C\c3ccccc3F)C(C(=O)OC)=C2C)cc1. The molecule has 0 atom stereocenters. The molecule has 0 radical (unpaired) electrons. The first-order chi connectivity index (χ1) is 14.4. The summed E-state index contributed by atoms with van der Waals surface area (Å²) in [5, 5.41) is 0. The molecule has 3 rings (SSSR count). The van der Waals surface area contributed by atoms with Crippen LogP contribution in [-0.2, 0) is 19.1 Å². The molecule has 1 amide bonds. The van der Waals surface area contributed by atoms with Crippen LogP contribution < -0.4 is 4.90 Å². The highest BCUT2D eigenvalue weighted by Crippen LogP contribution is 2.35. The number of allylic oxidation sites excluding steroid dienone is 1. The zero-order chi connectivity index (χ0) is 21.8. The van der Waals surface area contributed by atoms with Crippen LogP contribution in [0.5, 0.6) is 0 Å². The van der Waals surface area contributed by atoms with Crippen LogP contribution in [0.3, 0.4) is 0 Å². The summed E-state index contributed by atoms with van der Waals surface area (Å²) in [6.07, 6.45) is 1.33. The van der Waals surface area contributed by atoms with Crippen molar-refractivity contribution < 1.29 is 28.2 Å². The Balaban J connectivity index is 2.06. The Bertz CT molecular complexity index is 1070. The molecule has 0 aliphatic carbocycles. The van der Waals surface area contributed by atoms with Gasteiger partial charge in [0.05, 0.1) is 30.4 Å². The summed E-state index contributed by atoms with van der Waals surface area (Å²) in [6, 6.07) is 12.2. The maximum absolute atomic E-state index is 14.1. The molecule has 1 heterocycles. The minimum atomic E-state index is -0.700. The minimum Gasteiger partial charge on any atom is -0.465 e. The Hall–Kier alpha value is -3.74. The molecule has 6 nitrogen and oxygen atoms in total. The Kier molecular flexibility index (Phi) is 6.11. The van der Waals surface area contributed by atoms with Gasteiger partial charge in [-0.05, 0) is 50.3 Å². The maximum Gasteiger partial charge on any atom is 0.340 e. The molecule has 154 valence electrons. The third kappa shape index (κ3) is 3.87. The number of amides is 1. The Morgan fingerprint density at radius 1 is 1.07 bits per heavy atom. The van der Waals surface area contributed by atoms with Crippen molar-refractivity contribution in [1.82, 2.24) is 0 Å². The van der Waals surface area contributed by atoms with Crippen molar-refractivity contribution in [3.05, 3.63) is 82.3 Å². The number of hydrogen-bond acceptors (Lipinski definition) is 5. The van der Waals surface area contributed by atoms with E-state index in [0.29, 0.717) is 16.9 Å². The van der Waals surface area contributed by atoms with E-state index < -0.39 is 23.7 Å². The Morgan fingerprint density at radius 2 is 1.73 bits per heavy atom. The number of nitrogens with zero attached hydrogens (tertiary/aromatic N) is 1. The number of halogens is 1. The van der Waals surface area contributed by atoms with E-state index in [9.17, 15) is 18.8 Å². The van der Waals surface area contributed by atoms with Crippen LogP contribution in [0.25, 0.3) is 6.08 Å². The average Bonchev–Trinajstić information content (AvgIpc) is 2.99. The van der Waals surface area contributed by atoms with E-state index in [2.05, 4.69) is 0 Å². The molecule has 0 aromatic heterocycles. The highest BCUT2D eigenvalue weighted by molar-refractivity contribution is 6.23. The molecular weight excluding hydrogens is 389 g/mol. The zero-order valence-electron chi connectivity index (χ0n) is 16.8. The second kappa shape index (κ2) is 8.73. The molecule has 0 unspecified atom stereocenters. The van der Waals surface area contributed by atoms with E-state index in [0.717, 1.165) is 0 Å². The van der Waals surface area contributed by atoms with Crippen molar-refractivity contribution in [2.24, 2.45) is 0 Å². The topological polar surface area (TPSA) is 72.9 Å². The number of hydrogen-bond donors (Lipinski definition) is 0. The number of rotatable bonds is 5. The smallest absolute Gasteiger partial charge is 0.340 e. The predicted molar refractivity (Wildman–Crippen MR) is 109 cm³/mol. The van der Waals surface area contributed by atoms with Crippen LogP contribution in [-0.4, -0.2) is 31.6 Å². The number of carbonyl (C=O) groups is 3. The van der Waals surface area contributed by atoms with E-state index in [-0.39, 0.29) is 23.3 Å². The number of benzene rings is 2. The lowest BCUT2D eigenvalue weighted by molar-refractivity contribution is -0.136. The first-order valence-corrected chi connectivity index (χ1v) is 9.26. The quantitative estimate of drug-likeness (QED) is 0.554. The second-order valence-electron chi connectivity index (χ2n) is 6.44. The molecule has 7 heteroatoms. The van der Waals surface area contributed by atoms with Gasteiger partial charge in [0.1, 0.15) is 5.82 Å². The average molecular weight is 409 g/mol. The standard InChI is InChI=1S/C23H20FNO5/c1-4-30-22(27)15-9-11-17(12-10-15)25-14(2)20(23(28)29-3)18(21(25)26)13-16-7-5-6-8-19(16)24/h5-13H,4H2,1-3H3/b18-13-. The fraction of sp³-hybridized carbons (Fsp3) is 0.174. The monoisotopic (exact) mass is 409 g/mol. The van der Waals surface area contributed by atoms with Crippen molar-refractivity contribution in [3.8, 4) is 0 Å². The van der Waals surface area contributed by atoms with Gasteiger partial charge in [0.2, 0.25) is 0 Å². The Labute approximate surface area is 173 Å². The molecule has 0 fully saturated rings. The van der Waals surface area contributed by atoms with Crippen LogP contribution in [0.2, 0.25) is 0 Å². The molecule has 1 aliphatic rings. The summed E-state index contributed by atoms with van der Waals surface area (Å²) in [5.41, 5.74) is 1.39. The molecule has 0 N–H and O–H groups in total. The van der Waals surface area contributed by atoms with E-state index in [1.807, 2.05) is 0 Å². The molecule has 0 saturated carbocycles. The molecule has 1 aliphatic heterocycles. The number of esters is 2. The van der Waals surface area contributed by atoms with Crippen molar-refractivity contribution in [2.75, 3.05) is 18.6 Å². The van der Waals surface area contributed by atoms with E-state index in [1.165, 1.54) is 48.4 Å². The third-order valence-corrected chi connectivity index (χ3v) is 4.63. The number of carbonyl (C=O) groups excluding carboxylic acids is 3. The first-order valence-electron chi connectivity index (χ1n) is 9.26. The zero-order valence-corrected chi connectivity index (χ0v) is 16.8. The molecule has 2 aromatic carbocycles. The fourth-order valence-corrected chi connectivity index (χ4v) is 3.20. The lowest BCUT2D eigenvalue weighted by Crippen LogP contribution is -2.24. The van der Waals surface area contributed by atoms with Gasteiger partial charge >= 0.3 is 11.9 Å². The van der Waals surface area contributed by atoms with Crippen LogP contribution in [0.15, 0.2) is 65.4 Å². The molecule has 30 heavy (non-hydrogen) atoms. The van der Waals surface area contributed by atoms with Crippen LogP contribution in [0.1, 0.15) is 29.8 Å². The van der Waals surface area contributed by atoms with Crippen molar-refractivity contribution >= 4 is 29.6 Å². The predicted octanol–water partition coefficient (Wildman–Crippen LogP) is 3.88. The van der Waals surface area contributed by atoms with Gasteiger partial charge in [-0.2, -0.15) is 0 Å². The van der Waals surface area contributed by atoms with Gasteiger partial charge in [0.25, 0.3) is 5.91 Å². The van der Waals surface area contributed by atoms with Crippen molar-refractivity contribution in [1.29, 1.82) is 0 Å². The van der Waals surface area contributed by atoms with Crippen LogP contribution in [0, 0.1) is 5.82 Å². The largest absolute Gasteiger partial charge is 0.465 e. The van der Waals surface area contributed by atoms with E-state index in [1.54, 1.807) is 32.0 Å². The Morgan fingerprint density at radius 3 is 2.33 bits per heavy atom. The maximum atomic E-state index is 14.1. The van der Waals surface area contributed by atoms with Gasteiger partial charge in [-0.1, -0.05) is 18.2 Å². The molecule has 2 aromatic rings. The van der Waals surface area contributed by atoms with Crippen LogP contribution >= 0.6 is 0 Å². The summed E-state index contributed by atoms with van der Waals surface area (Å²) in [5.74, 6) is -2.19. The van der Waals surface area contributed by atoms with Gasteiger partial charge < -0.3 is 9.47 Å². The van der Waals surface area contributed by atoms with E-state index >= 15 is 0 Å². The van der Waals surface area contributed by atoms with E-state index in [4.69, 9.17) is 9.47 Å². The highest BCUT2D eigenvalue weighted by Gasteiger charge is 2.38. The lowest BCUT2D eigenvalue weighted by Gasteiger charge is -2.18. The molecular formula is C23H20FNO5. The third-order valence-electron chi connectivity index (χ3n) is 4.63. The normalized spacial score (nSPS) is 15.0. The number of anilines is 1. The summed E-state index contributed by atoms with van der Waals surface area (Å²) >= 11 is 0. The lowest BCUT2D eigenvalue weighted by atomic mass is 10.0. The van der Waals surface area contributed by atoms with Crippen molar-refractivity contribution in [2.45, 2.75) is 13.8 Å². The van der Waals surface area contributed by atoms with Crippen LogP contribution in [0.4, 0.5) is 10.1 Å². The molecule has 0 saturated heterocycles. The first kappa shape index (κ1) is 21.0. The van der Waals surface area contributed by atoms with Gasteiger partial charge in [-0.15, -0.1) is 0 Å². The minimum absolute atomic E-state index is 0.0268. The molecule has 0 spiro atoms. The summed E-state index contributed by atoms with van der Waals surface area (Å²) < 4.78 is 23.9. The second-order valence-corrected chi connectivity index (χ2v) is 6.44. The number of methoxy groups -OCH3 is 1. The van der Waals surface area contributed by atoms with Crippen molar-refractivity contribution in [3.63, 3.8) is 0 Å². The van der Waals surface area contributed by atoms with Gasteiger partial charge in [-0.3, -0.25) is 9.69 Å². The fourth-order valence-electron chi connectivity index (χ4n) is 3.20. The summed E-state index contributed by atoms with van der Waals surface area (Å²) in [7, 11) is 1.21. The number of ether oxygens (including phenoxy) is 2. The summed E-state index contributed by atoms with van der Waals surface area (Å²) in [6.45, 7) is 3.56. The summed E-state index contributed by atoms with van der Waals surface area (Å²) in [4.78, 5) is 38.8. The highest BCUT2D eigenvalue weighted by atomic mass is 19.1. The van der Waals surface area contributed by atoms with Gasteiger partial charge in [-0.25, -0.2) is 14.0 Å². The molecule has 0 bridgehead atoms.